The minimum atomic E-state index is -0.528. The van der Waals surface area contributed by atoms with Gasteiger partial charge in [-0.2, -0.15) is 20.1 Å². The third-order valence-corrected chi connectivity index (χ3v) is 5.07. The predicted octanol–water partition coefficient (Wildman–Crippen LogP) is 3.91. The van der Waals surface area contributed by atoms with E-state index in [2.05, 4.69) is 36.1 Å². The number of methoxy groups -OCH3 is 1. The molecule has 4 aromatic rings. The van der Waals surface area contributed by atoms with Gasteiger partial charge in [-0.25, -0.2) is 5.43 Å². The third-order valence-electron chi connectivity index (χ3n) is 5.07. The first-order chi connectivity index (χ1) is 18.1. The summed E-state index contributed by atoms with van der Waals surface area (Å²) in [7, 11) is 1.59. The van der Waals surface area contributed by atoms with Gasteiger partial charge in [0.15, 0.2) is 11.5 Å². The van der Waals surface area contributed by atoms with Crippen LogP contribution in [0.3, 0.4) is 0 Å². The van der Waals surface area contributed by atoms with E-state index < -0.39 is 4.92 Å². The number of aromatic nitrogens is 3. The molecule has 2 aromatic heterocycles. The van der Waals surface area contributed by atoms with Crippen molar-refractivity contribution in [1.82, 2.24) is 15.0 Å². The van der Waals surface area contributed by atoms with E-state index in [4.69, 9.17) is 18.6 Å². The van der Waals surface area contributed by atoms with Crippen molar-refractivity contribution in [3.63, 3.8) is 0 Å². The number of hydrogen-bond donors (Lipinski definition) is 3. The van der Waals surface area contributed by atoms with Crippen LogP contribution in [-0.4, -0.2) is 40.0 Å². The van der Waals surface area contributed by atoms with Crippen LogP contribution < -0.4 is 30.3 Å². The largest absolute Gasteiger partial charge is 0.497 e. The molecule has 0 radical (unpaired) electrons. The summed E-state index contributed by atoms with van der Waals surface area (Å²) >= 11 is 0. The standard InChI is InChI=1S/C23H20N8O6/c1-34-16-6-4-15(5-7-16)26-22-27-21(24-12-17-3-2-8-35-17)28-23(29-22)30-25-11-14-9-19-20(37-13-36-19)10-18(14)31(32)33/h2-11H,12-13H2,1H3,(H3,24,26,27,28,29,30)/b25-11+. The maximum absolute atomic E-state index is 11.5. The molecule has 0 spiro atoms. The highest BCUT2D eigenvalue weighted by Crippen LogP contribution is 2.37. The second kappa shape index (κ2) is 10.5. The van der Waals surface area contributed by atoms with Gasteiger partial charge in [0.2, 0.25) is 24.6 Å². The van der Waals surface area contributed by atoms with E-state index in [-0.39, 0.29) is 35.9 Å². The van der Waals surface area contributed by atoms with Crippen molar-refractivity contribution < 1.29 is 23.6 Å². The molecule has 188 valence electrons. The molecule has 2 aromatic carbocycles. The van der Waals surface area contributed by atoms with Crippen molar-refractivity contribution in [3.05, 3.63) is 76.2 Å². The van der Waals surface area contributed by atoms with E-state index in [0.29, 0.717) is 29.6 Å². The average Bonchev–Trinajstić information content (AvgIpc) is 3.59. The number of hydrazone groups is 1. The molecule has 0 saturated carbocycles. The Bertz CT molecular complexity index is 1430. The first-order valence-corrected chi connectivity index (χ1v) is 10.9. The summed E-state index contributed by atoms with van der Waals surface area (Å²) in [6, 6.07) is 13.6. The minimum Gasteiger partial charge on any atom is -0.497 e. The second-order valence-electron chi connectivity index (χ2n) is 7.48. The quantitative estimate of drug-likeness (QED) is 0.162. The van der Waals surface area contributed by atoms with Gasteiger partial charge < -0.3 is 29.3 Å². The fourth-order valence-corrected chi connectivity index (χ4v) is 3.31. The molecule has 0 fully saturated rings. The van der Waals surface area contributed by atoms with Crippen molar-refractivity contribution >= 4 is 35.4 Å². The number of rotatable bonds is 10. The molecule has 0 atom stereocenters. The van der Waals surface area contributed by atoms with Crippen LogP contribution >= 0.6 is 0 Å². The Hall–Kier alpha value is -5.40. The third kappa shape index (κ3) is 5.64. The number of fused-ring (bicyclic) bond motifs is 1. The molecule has 0 bridgehead atoms. The highest BCUT2D eigenvalue weighted by Gasteiger charge is 2.22. The number of nitro benzene ring substituents is 1. The summed E-state index contributed by atoms with van der Waals surface area (Å²) < 4.78 is 21.0. The topological polar surface area (TPSA) is 171 Å². The van der Waals surface area contributed by atoms with Gasteiger partial charge in [-0.3, -0.25) is 10.1 Å². The highest BCUT2D eigenvalue weighted by atomic mass is 16.7. The molecular formula is C23H20N8O6. The fourth-order valence-electron chi connectivity index (χ4n) is 3.31. The lowest BCUT2D eigenvalue weighted by molar-refractivity contribution is -0.385. The number of furan rings is 1. The lowest BCUT2D eigenvalue weighted by Gasteiger charge is -2.10. The smallest absolute Gasteiger partial charge is 0.282 e. The molecule has 14 nitrogen and oxygen atoms in total. The normalized spacial score (nSPS) is 11.9. The number of anilines is 4. The Balaban J connectivity index is 1.38. The summed E-state index contributed by atoms with van der Waals surface area (Å²) in [4.78, 5) is 24.0. The van der Waals surface area contributed by atoms with Crippen LogP contribution in [0.2, 0.25) is 0 Å². The van der Waals surface area contributed by atoms with E-state index in [1.54, 1.807) is 31.6 Å². The average molecular weight is 504 g/mol. The van der Waals surface area contributed by atoms with Crippen LogP contribution in [-0.2, 0) is 6.54 Å². The lowest BCUT2D eigenvalue weighted by Crippen LogP contribution is -2.09. The Kier molecular flexibility index (Phi) is 6.61. The number of ether oxygens (including phenoxy) is 3. The Morgan fingerprint density at radius 1 is 1.08 bits per heavy atom. The van der Waals surface area contributed by atoms with E-state index in [1.807, 2.05) is 18.2 Å². The van der Waals surface area contributed by atoms with Gasteiger partial charge in [-0.05, 0) is 42.5 Å². The van der Waals surface area contributed by atoms with Gasteiger partial charge in [0, 0.05) is 5.69 Å². The molecule has 5 rings (SSSR count). The zero-order chi connectivity index (χ0) is 25.6. The summed E-state index contributed by atoms with van der Waals surface area (Å²) in [6.45, 7) is 0.332. The van der Waals surface area contributed by atoms with Gasteiger partial charge in [0.1, 0.15) is 11.5 Å². The first-order valence-electron chi connectivity index (χ1n) is 10.9. The Morgan fingerprint density at radius 3 is 2.57 bits per heavy atom. The van der Waals surface area contributed by atoms with Gasteiger partial charge in [-0.15, -0.1) is 0 Å². The van der Waals surface area contributed by atoms with Crippen LogP contribution in [0.4, 0.5) is 29.2 Å². The van der Waals surface area contributed by atoms with E-state index >= 15 is 0 Å². The number of nitrogens with zero attached hydrogens (tertiary/aromatic N) is 5. The lowest BCUT2D eigenvalue weighted by atomic mass is 10.1. The molecular weight excluding hydrogens is 484 g/mol. The van der Waals surface area contributed by atoms with Crippen LogP contribution in [0.5, 0.6) is 17.2 Å². The summed E-state index contributed by atoms with van der Waals surface area (Å²) in [5.74, 6) is 2.65. The van der Waals surface area contributed by atoms with Gasteiger partial charge in [0.05, 0.1) is 42.7 Å². The maximum Gasteiger partial charge on any atom is 0.282 e. The van der Waals surface area contributed by atoms with Crippen molar-refractivity contribution in [2.75, 3.05) is 30.0 Å². The molecule has 0 saturated heterocycles. The molecule has 0 aliphatic carbocycles. The van der Waals surface area contributed by atoms with Crippen LogP contribution in [0.25, 0.3) is 0 Å². The molecule has 14 heteroatoms. The van der Waals surface area contributed by atoms with Gasteiger partial charge >= 0.3 is 0 Å². The van der Waals surface area contributed by atoms with Crippen molar-refractivity contribution in [2.45, 2.75) is 6.54 Å². The van der Waals surface area contributed by atoms with Crippen LogP contribution in [0.15, 0.2) is 64.3 Å². The SMILES string of the molecule is COc1ccc(Nc2nc(NCc3ccco3)nc(N/N=C/c3cc4c(cc3[N+](=O)[O-])OCO4)n2)cc1. The number of nitrogens with one attached hydrogen (secondary N) is 3. The molecule has 3 heterocycles. The van der Waals surface area contributed by atoms with Crippen molar-refractivity contribution in [1.29, 1.82) is 0 Å². The van der Waals surface area contributed by atoms with E-state index in [9.17, 15) is 10.1 Å². The maximum atomic E-state index is 11.5. The number of hydrogen-bond acceptors (Lipinski definition) is 13. The van der Waals surface area contributed by atoms with Crippen molar-refractivity contribution in [2.24, 2.45) is 5.10 Å². The van der Waals surface area contributed by atoms with Crippen LogP contribution in [0, 0.1) is 10.1 Å². The molecule has 1 aliphatic rings. The Labute approximate surface area is 209 Å². The van der Waals surface area contributed by atoms with Crippen LogP contribution in [0.1, 0.15) is 11.3 Å². The molecule has 3 N–H and O–H groups in total. The fraction of sp³-hybridized carbons (Fsp3) is 0.130. The predicted molar refractivity (Wildman–Crippen MR) is 133 cm³/mol. The second-order valence-corrected chi connectivity index (χ2v) is 7.48. The molecule has 1 aliphatic heterocycles. The summed E-state index contributed by atoms with van der Waals surface area (Å²) in [6.07, 6.45) is 2.84. The summed E-state index contributed by atoms with van der Waals surface area (Å²) in [5, 5.41) is 21.7. The van der Waals surface area contributed by atoms with Gasteiger partial charge in [0.25, 0.3) is 5.69 Å². The van der Waals surface area contributed by atoms with E-state index in [1.165, 1.54) is 18.3 Å². The van der Waals surface area contributed by atoms with E-state index in [0.717, 1.165) is 5.69 Å². The molecule has 0 unspecified atom stereocenters. The minimum absolute atomic E-state index is 0.00601. The van der Waals surface area contributed by atoms with Gasteiger partial charge in [-0.1, -0.05) is 0 Å². The number of benzene rings is 2. The summed E-state index contributed by atoms with van der Waals surface area (Å²) in [5.41, 5.74) is 3.44. The molecule has 37 heavy (non-hydrogen) atoms. The highest BCUT2D eigenvalue weighted by molar-refractivity contribution is 5.87. The zero-order valence-corrected chi connectivity index (χ0v) is 19.4. The first kappa shape index (κ1) is 23.3. The number of nitro groups is 1. The Morgan fingerprint density at radius 2 is 1.84 bits per heavy atom. The zero-order valence-electron chi connectivity index (χ0n) is 19.4. The molecule has 0 amide bonds. The van der Waals surface area contributed by atoms with Crippen molar-refractivity contribution in [3.8, 4) is 17.2 Å². The monoisotopic (exact) mass is 504 g/mol.